The molecule has 1 aromatic rings. The van der Waals surface area contributed by atoms with E-state index in [9.17, 15) is 14.7 Å². The minimum Gasteiger partial charge on any atom is -0.507 e. The van der Waals surface area contributed by atoms with Crippen LogP contribution in [0.3, 0.4) is 0 Å². The molecular formula is C16H21N3O3. The molecule has 0 aromatic heterocycles. The van der Waals surface area contributed by atoms with Gasteiger partial charge in [0.15, 0.2) is 0 Å². The highest BCUT2D eigenvalue weighted by molar-refractivity contribution is 5.92. The van der Waals surface area contributed by atoms with Crippen LogP contribution in [-0.2, 0) is 9.59 Å². The molecule has 2 rings (SSSR count). The lowest BCUT2D eigenvalue weighted by Crippen LogP contribution is -2.29. The number of hydrogen-bond donors (Lipinski definition) is 3. The third-order valence-electron chi connectivity index (χ3n) is 3.54. The number of carbonyl (C=O) groups is 2. The molecule has 0 saturated carbocycles. The molecule has 0 radical (unpaired) electrons. The summed E-state index contributed by atoms with van der Waals surface area (Å²) in [7, 11) is 0. The molecule has 4 N–H and O–H groups in total. The summed E-state index contributed by atoms with van der Waals surface area (Å²) >= 11 is 0. The van der Waals surface area contributed by atoms with Gasteiger partial charge in [0.25, 0.3) is 0 Å². The fourth-order valence-corrected chi connectivity index (χ4v) is 2.35. The molecular weight excluding hydrogens is 282 g/mol. The van der Waals surface area contributed by atoms with Crippen LogP contribution in [0.5, 0.6) is 5.75 Å². The van der Waals surface area contributed by atoms with Crippen LogP contribution in [0.2, 0.25) is 0 Å². The number of aromatic hydroxyl groups is 1. The van der Waals surface area contributed by atoms with Gasteiger partial charge in [-0.2, -0.15) is 0 Å². The van der Waals surface area contributed by atoms with Crippen LogP contribution in [-0.4, -0.2) is 41.5 Å². The smallest absolute Gasteiger partial charge is 0.244 e. The first-order valence-electron chi connectivity index (χ1n) is 7.38. The van der Waals surface area contributed by atoms with Crippen molar-refractivity contribution >= 4 is 23.6 Å². The van der Waals surface area contributed by atoms with Crippen molar-refractivity contribution < 1.29 is 14.7 Å². The maximum Gasteiger partial charge on any atom is 0.244 e. The lowest BCUT2D eigenvalue weighted by molar-refractivity contribution is -0.127. The van der Waals surface area contributed by atoms with Crippen LogP contribution < -0.4 is 11.1 Å². The second kappa shape index (κ2) is 7.49. The maximum atomic E-state index is 11.7. The molecule has 6 nitrogen and oxygen atoms in total. The molecule has 118 valence electrons. The molecule has 1 heterocycles. The van der Waals surface area contributed by atoms with E-state index in [0.717, 1.165) is 19.4 Å². The Morgan fingerprint density at radius 1 is 1.45 bits per heavy atom. The molecule has 0 atom stereocenters. The zero-order valence-corrected chi connectivity index (χ0v) is 12.4. The number of carbonyl (C=O) groups excluding carboxylic acids is 2. The summed E-state index contributed by atoms with van der Waals surface area (Å²) < 4.78 is 0. The van der Waals surface area contributed by atoms with Crippen molar-refractivity contribution in [2.24, 2.45) is 0 Å². The van der Waals surface area contributed by atoms with E-state index in [1.165, 1.54) is 18.2 Å². The topological polar surface area (TPSA) is 95.7 Å². The summed E-state index contributed by atoms with van der Waals surface area (Å²) in [5.74, 6) is 0.0312. The number of amides is 2. The summed E-state index contributed by atoms with van der Waals surface area (Å²) in [5.41, 5.74) is 6.64. The van der Waals surface area contributed by atoms with Gasteiger partial charge in [-0.15, -0.1) is 0 Å². The molecule has 0 aliphatic carbocycles. The van der Waals surface area contributed by atoms with Gasteiger partial charge in [-0.1, -0.05) is 0 Å². The van der Waals surface area contributed by atoms with Crippen molar-refractivity contribution in [3.63, 3.8) is 0 Å². The molecule has 1 aliphatic heterocycles. The Morgan fingerprint density at radius 3 is 3.00 bits per heavy atom. The molecule has 6 heteroatoms. The van der Waals surface area contributed by atoms with Crippen LogP contribution in [0.25, 0.3) is 6.08 Å². The fraction of sp³-hybridized carbons (Fsp3) is 0.375. The monoisotopic (exact) mass is 303 g/mol. The summed E-state index contributed by atoms with van der Waals surface area (Å²) in [6.07, 6.45) is 5.17. The first-order chi connectivity index (χ1) is 10.6. The van der Waals surface area contributed by atoms with Crippen molar-refractivity contribution in [2.45, 2.75) is 19.3 Å². The van der Waals surface area contributed by atoms with E-state index in [-0.39, 0.29) is 17.6 Å². The minimum atomic E-state index is -0.241. The molecule has 0 spiro atoms. The van der Waals surface area contributed by atoms with Crippen molar-refractivity contribution in [3.05, 3.63) is 29.8 Å². The Hall–Kier alpha value is -2.50. The SMILES string of the molecule is Nc1ccc(O)c(/C=C/C(=O)NCCCN2CCCC2=O)c1. The highest BCUT2D eigenvalue weighted by atomic mass is 16.3. The highest BCUT2D eigenvalue weighted by Gasteiger charge is 2.18. The average Bonchev–Trinajstić information content (AvgIpc) is 2.90. The predicted octanol–water partition coefficient (Wildman–Crippen LogP) is 1.12. The number of nitrogens with one attached hydrogen (secondary N) is 1. The number of benzene rings is 1. The molecule has 1 fully saturated rings. The standard InChI is InChI=1S/C16H21N3O3/c17-13-5-6-14(20)12(11-13)4-7-15(21)18-8-2-10-19-9-1-3-16(19)22/h4-7,11,20H,1-3,8-10,17H2,(H,18,21)/b7-4+. The van der Waals surface area contributed by atoms with Gasteiger partial charge in [-0.05, 0) is 37.1 Å². The number of phenols is 1. The van der Waals surface area contributed by atoms with Crippen LogP contribution in [0.4, 0.5) is 5.69 Å². The van der Waals surface area contributed by atoms with Gasteiger partial charge in [0.05, 0.1) is 0 Å². The summed E-state index contributed by atoms with van der Waals surface area (Å²) in [6, 6.07) is 4.67. The van der Waals surface area contributed by atoms with Gasteiger partial charge < -0.3 is 21.1 Å². The van der Waals surface area contributed by atoms with E-state index >= 15 is 0 Å². The lowest BCUT2D eigenvalue weighted by Gasteiger charge is -2.14. The number of likely N-dealkylation sites (tertiary alicyclic amines) is 1. The van der Waals surface area contributed by atoms with Crippen molar-refractivity contribution in [1.82, 2.24) is 10.2 Å². The zero-order valence-electron chi connectivity index (χ0n) is 12.4. The number of hydrogen-bond acceptors (Lipinski definition) is 4. The van der Waals surface area contributed by atoms with Crippen molar-refractivity contribution in [3.8, 4) is 5.75 Å². The van der Waals surface area contributed by atoms with E-state index in [4.69, 9.17) is 5.73 Å². The van der Waals surface area contributed by atoms with Gasteiger partial charge in [0.1, 0.15) is 5.75 Å². The van der Waals surface area contributed by atoms with Gasteiger partial charge in [0, 0.05) is 43.4 Å². The average molecular weight is 303 g/mol. The Morgan fingerprint density at radius 2 is 2.27 bits per heavy atom. The Balaban J connectivity index is 1.72. The fourth-order valence-electron chi connectivity index (χ4n) is 2.35. The van der Waals surface area contributed by atoms with Crippen LogP contribution in [0, 0.1) is 0 Å². The Bertz CT molecular complexity index is 584. The molecule has 1 aromatic carbocycles. The quantitative estimate of drug-likeness (QED) is 0.317. The first-order valence-corrected chi connectivity index (χ1v) is 7.38. The Kier molecular flexibility index (Phi) is 5.41. The second-order valence-electron chi connectivity index (χ2n) is 5.28. The van der Waals surface area contributed by atoms with Gasteiger partial charge in [-0.3, -0.25) is 9.59 Å². The van der Waals surface area contributed by atoms with Crippen LogP contribution >= 0.6 is 0 Å². The maximum absolute atomic E-state index is 11.7. The normalized spacial score (nSPS) is 14.7. The molecule has 0 bridgehead atoms. The number of phenolic OH excluding ortho intramolecular Hbond substituents is 1. The summed E-state index contributed by atoms with van der Waals surface area (Å²) in [6.45, 7) is 2.01. The lowest BCUT2D eigenvalue weighted by atomic mass is 10.1. The number of rotatable bonds is 6. The number of anilines is 1. The van der Waals surface area contributed by atoms with Gasteiger partial charge >= 0.3 is 0 Å². The van der Waals surface area contributed by atoms with E-state index in [2.05, 4.69) is 5.32 Å². The van der Waals surface area contributed by atoms with E-state index in [1.54, 1.807) is 12.1 Å². The predicted molar refractivity (Wildman–Crippen MR) is 85.0 cm³/mol. The van der Waals surface area contributed by atoms with E-state index < -0.39 is 0 Å². The number of nitrogen functional groups attached to an aromatic ring is 1. The number of nitrogens with two attached hydrogens (primary N) is 1. The molecule has 22 heavy (non-hydrogen) atoms. The van der Waals surface area contributed by atoms with Crippen LogP contribution in [0.15, 0.2) is 24.3 Å². The third-order valence-corrected chi connectivity index (χ3v) is 3.54. The highest BCUT2D eigenvalue weighted by Crippen LogP contribution is 2.20. The summed E-state index contributed by atoms with van der Waals surface area (Å²) in [5, 5.41) is 12.4. The molecule has 2 amide bonds. The zero-order chi connectivity index (χ0) is 15.9. The third kappa shape index (κ3) is 4.51. The van der Waals surface area contributed by atoms with E-state index in [1.807, 2.05) is 4.90 Å². The van der Waals surface area contributed by atoms with E-state index in [0.29, 0.717) is 30.8 Å². The summed E-state index contributed by atoms with van der Waals surface area (Å²) in [4.78, 5) is 24.9. The molecule has 1 saturated heterocycles. The largest absolute Gasteiger partial charge is 0.507 e. The molecule has 1 aliphatic rings. The van der Waals surface area contributed by atoms with Crippen molar-refractivity contribution in [2.75, 3.05) is 25.4 Å². The minimum absolute atomic E-state index is 0.0748. The second-order valence-corrected chi connectivity index (χ2v) is 5.28. The van der Waals surface area contributed by atoms with Crippen molar-refractivity contribution in [1.29, 1.82) is 0 Å². The number of nitrogens with zero attached hydrogens (tertiary/aromatic N) is 1. The molecule has 0 unspecified atom stereocenters. The Labute approximate surface area is 129 Å². The van der Waals surface area contributed by atoms with Gasteiger partial charge in [-0.25, -0.2) is 0 Å². The van der Waals surface area contributed by atoms with Gasteiger partial charge in [0.2, 0.25) is 11.8 Å². The van der Waals surface area contributed by atoms with Crippen LogP contribution in [0.1, 0.15) is 24.8 Å². The first kappa shape index (κ1) is 15.9.